The van der Waals surface area contributed by atoms with Crippen LogP contribution < -0.4 is 15.2 Å². The topological polar surface area (TPSA) is 69.5 Å². The highest BCUT2D eigenvalue weighted by atomic mass is 35.5. The third-order valence-corrected chi connectivity index (χ3v) is 4.85. The van der Waals surface area contributed by atoms with Crippen molar-refractivity contribution in [1.82, 2.24) is 15.0 Å². The average Bonchev–Trinajstić information content (AvgIpc) is 3.36. The quantitative estimate of drug-likeness (QED) is 0.643. The Labute approximate surface area is 158 Å². The van der Waals surface area contributed by atoms with Gasteiger partial charge in [-0.2, -0.15) is 20.1 Å². The van der Waals surface area contributed by atoms with Gasteiger partial charge in [0.25, 0.3) is 0 Å². The lowest BCUT2D eigenvalue weighted by molar-refractivity contribution is 0.838. The zero-order valence-electron chi connectivity index (χ0n) is 14.6. The molecule has 1 aromatic heterocycles. The van der Waals surface area contributed by atoms with Crippen molar-refractivity contribution in [2.45, 2.75) is 25.7 Å². The summed E-state index contributed by atoms with van der Waals surface area (Å²) in [5.41, 5.74) is 3.87. The van der Waals surface area contributed by atoms with Crippen LogP contribution in [0.2, 0.25) is 5.02 Å². The van der Waals surface area contributed by atoms with E-state index in [1.54, 1.807) is 6.21 Å². The SMILES string of the molecule is Clc1cccc(/C=N\Nc2nc(N3CCCC3)nc(N3CCCC3)n2)c1. The lowest BCUT2D eigenvalue weighted by Crippen LogP contribution is -2.25. The van der Waals surface area contributed by atoms with E-state index in [4.69, 9.17) is 16.6 Å². The summed E-state index contributed by atoms with van der Waals surface area (Å²) in [5, 5.41) is 4.95. The molecule has 2 aromatic rings. The lowest BCUT2D eigenvalue weighted by atomic mass is 10.2. The van der Waals surface area contributed by atoms with Gasteiger partial charge in [0.05, 0.1) is 6.21 Å². The molecule has 2 aliphatic rings. The molecule has 0 bridgehead atoms. The lowest BCUT2D eigenvalue weighted by Gasteiger charge is -2.20. The first-order valence-electron chi connectivity index (χ1n) is 9.08. The van der Waals surface area contributed by atoms with Crippen LogP contribution in [0.3, 0.4) is 0 Å². The Morgan fingerprint density at radius 3 is 2.12 bits per heavy atom. The summed E-state index contributed by atoms with van der Waals surface area (Å²) in [4.78, 5) is 18.2. The largest absolute Gasteiger partial charge is 0.341 e. The summed E-state index contributed by atoms with van der Waals surface area (Å²) in [7, 11) is 0. The van der Waals surface area contributed by atoms with Crippen LogP contribution in [-0.2, 0) is 0 Å². The van der Waals surface area contributed by atoms with E-state index in [2.05, 4.69) is 30.3 Å². The fraction of sp³-hybridized carbons (Fsp3) is 0.444. The minimum atomic E-state index is 0.474. The molecule has 0 aliphatic carbocycles. The van der Waals surface area contributed by atoms with Crippen LogP contribution in [0.15, 0.2) is 29.4 Å². The molecular weight excluding hydrogens is 350 g/mol. The Morgan fingerprint density at radius 2 is 1.54 bits per heavy atom. The first kappa shape index (κ1) is 17.0. The molecule has 0 spiro atoms. The molecule has 4 rings (SSSR count). The maximum Gasteiger partial charge on any atom is 0.250 e. The van der Waals surface area contributed by atoms with Crippen molar-refractivity contribution in [3.63, 3.8) is 0 Å². The van der Waals surface area contributed by atoms with Gasteiger partial charge in [-0.3, -0.25) is 0 Å². The summed E-state index contributed by atoms with van der Waals surface area (Å²) >= 11 is 6.00. The van der Waals surface area contributed by atoms with Crippen LogP contribution in [0.5, 0.6) is 0 Å². The van der Waals surface area contributed by atoms with Crippen LogP contribution in [0.4, 0.5) is 17.8 Å². The molecule has 2 saturated heterocycles. The second kappa shape index (κ2) is 7.86. The second-order valence-electron chi connectivity index (χ2n) is 6.57. The van der Waals surface area contributed by atoms with E-state index in [0.717, 1.165) is 43.6 Å². The smallest absolute Gasteiger partial charge is 0.250 e. The molecule has 2 fully saturated rings. The maximum absolute atomic E-state index is 6.00. The van der Waals surface area contributed by atoms with E-state index in [1.165, 1.54) is 25.7 Å². The molecule has 2 aliphatic heterocycles. The third kappa shape index (κ3) is 4.04. The molecule has 0 unspecified atom stereocenters. The number of aromatic nitrogens is 3. The summed E-state index contributed by atoms with van der Waals surface area (Å²) in [6, 6.07) is 7.52. The van der Waals surface area contributed by atoms with Gasteiger partial charge >= 0.3 is 0 Å². The molecule has 26 heavy (non-hydrogen) atoms. The van der Waals surface area contributed by atoms with Crippen molar-refractivity contribution in [1.29, 1.82) is 0 Å². The van der Waals surface area contributed by atoms with Gasteiger partial charge in [-0.25, -0.2) is 5.43 Å². The molecule has 7 nitrogen and oxygen atoms in total. The normalized spacial score (nSPS) is 17.4. The highest BCUT2D eigenvalue weighted by Gasteiger charge is 2.21. The summed E-state index contributed by atoms with van der Waals surface area (Å²) in [5.74, 6) is 1.95. The highest BCUT2D eigenvalue weighted by molar-refractivity contribution is 6.30. The standard InChI is InChI=1S/C18H22ClN7/c19-15-7-5-6-14(12-15)13-20-24-16-21-17(25-8-1-2-9-25)23-18(22-16)26-10-3-4-11-26/h5-7,12-13H,1-4,8-11H2,(H,21,22,23,24)/b20-13-. The van der Waals surface area contributed by atoms with Crippen molar-refractivity contribution in [2.75, 3.05) is 41.4 Å². The van der Waals surface area contributed by atoms with Gasteiger partial charge in [0.1, 0.15) is 0 Å². The van der Waals surface area contributed by atoms with Gasteiger partial charge in [-0.1, -0.05) is 23.7 Å². The Hall–Kier alpha value is -2.41. The Balaban J connectivity index is 1.55. The van der Waals surface area contributed by atoms with Crippen molar-refractivity contribution in [3.05, 3.63) is 34.9 Å². The number of halogens is 1. The van der Waals surface area contributed by atoms with Gasteiger partial charge in [0, 0.05) is 31.2 Å². The Kier molecular flexibility index (Phi) is 5.15. The number of hydrogen-bond acceptors (Lipinski definition) is 7. The molecule has 3 heterocycles. The molecule has 136 valence electrons. The maximum atomic E-state index is 6.00. The average molecular weight is 372 g/mol. The van der Waals surface area contributed by atoms with Crippen LogP contribution >= 0.6 is 11.6 Å². The van der Waals surface area contributed by atoms with Gasteiger partial charge in [-0.05, 0) is 43.4 Å². The first-order chi connectivity index (χ1) is 12.8. The summed E-state index contributed by atoms with van der Waals surface area (Å²) in [6.45, 7) is 3.98. The zero-order chi connectivity index (χ0) is 17.8. The van der Waals surface area contributed by atoms with E-state index < -0.39 is 0 Å². The number of rotatable bonds is 5. The molecule has 0 atom stereocenters. The number of anilines is 3. The number of nitrogens with zero attached hydrogens (tertiary/aromatic N) is 6. The van der Waals surface area contributed by atoms with E-state index in [0.29, 0.717) is 11.0 Å². The number of nitrogens with one attached hydrogen (secondary N) is 1. The Morgan fingerprint density at radius 1 is 0.923 bits per heavy atom. The molecular formula is C18H22ClN7. The molecule has 1 N–H and O–H groups in total. The van der Waals surface area contributed by atoms with Crippen LogP contribution in [0.1, 0.15) is 31.2 Å². The number of benzene rings is 1. The van der Waals surface area contributed by atoms with Crippen molar-refractivity contribution in [3.8, 4) is 0 Å². The summed E-state index contributed by atoms with van der Waals surface area (Å²) < 4.78 is 0. The monoisotopic (exact) mass is 371 g/mol. The van der Waals surface area contributed by atoms with Crippen LogP contribution in [0, 0.1) is 0 Å². The van der Waals surface area contributed by atoms with E-state index in [1.807, 2.05) is 24.3 Å². The van der Waals surface area contributed by atoms with Gasteiger partial charge in [0.2, 0.25) is 17.8 Å². The summed E-state index contributed by atoms with van der Waals surface area (Å²) in [6.07, 6.45) is 6.43. The van der Waals surface area contributed by atoms with Crippen molar-refractivity contribution >= 4 is 35.7 Å². The molecule has 1 aromatic carbocycles. The highest BCUT2D eigenvalue weighted by Crippen LogP contribution is 2.22. The van der Waals surface area contributed by atoms with Crippen LogP contribution in [0.25, 0.3) is 0 Å². The van der Waals surface area contributed by atoms with Gasteiger partial charge in [0.15, 0.2) is 0 Å². The molecule has 8 heteroatoms. The molecule has 0 amide bonds. The van der Waals surface area contributed by atoms with Gasteiger partial charge < -0.3 is 9.80 Å². The zero-order valence-corrected chi connectivity index (χ0v) is 15.4. The first-order valence-corrected chi connectivity index (χ1v) is 9.46. The van der Waals surface area contributed by atoms with Gasteiger partial charge in [-0.15, -0.1) is 0 Å². The van der Waals surface area contributed by atoms with Crippen molar-refractivity contribution < 1.29 is 0 Å². The van der Waals surface area contributed by atoms with Crippen LogP contribution in [-0.4, -0.2) is 47.3 Å². The molecule has 0 radical (unpaired) electrons. The fourth-order valence-electron chi connectivity index (χ4n) is 3.27. The number of hydrazone groups is 1. The van der Waals surface area contributed by atoms with E-state index in [9.17, 15) is 0 Å². The predicted molar refractivity (Wildman–Crippen MR) is 105 cm³/mol. The van der Waals surface area contributed by atoms with E-state index >= 15 is 0 Å². The minimum absolute atomic E-state index is 0.474. The predicted octanol–water partition coefficient (Wildman–Crippen LogP) is 3.17. The number of hydrogen-bond donors (Lipinski definition) is 1. The Bertz CT molecular complexity index is 749. The molecule has 0 saturated carbocycles. The minimum Gasteiger partial charge on any atom is -0.341 e. The van der Waals surface area contributed by atoms with Crippen molar-refractivity contribution in [2.24, 2.45) is 5.10 Å². The second-order valence-corrected chi connectivity index (χ2v) is 7.01. The third-order valence-electron chi connectivity index (χ3n) is 4.62. The fourth-order valence-corrected chi connectivity index (χ4v) is 3.47. The van der Waals surface area contributed by atoms with E-state index in [-0.39, 0.29) is 0 Å².